The van der Waals surface area contributed by atoms with Crippen molar-refractivity contribution >= 4 is 0 Å². The van der Waals surface area contributed by atoms with Gasteiger partial charge in [0.15, 0.2) is 0 Å². The number of rotatable bonds is 5. The van der Waals surface area contributed by atoms with Gasteiger partial charge in [-0.2, -0.15) is 0 Å². The molecule has 0 atom stereocenters. The molecular weight excluding hydrogens is 112 g/mol. The highest BCUT2D eigenvalue weighted by molar-refractivity contribution is 4.47. The third kappa shape index (κ3) is 7.92. The summed E-state index contributed by atoms with van der Waals surface area (Å²) in [5.74, 6) is 0. The third-order valence-corrected chi connectivity index (χ3v) is 1.21. The number of hydrogen-bond acceptors (Lipinski definition) is 2. The highest BCUT2D eigenvalue weighted by Crippen LogP contribution is 1.87. The monoisotopic (exact) mass is 129 g/mol. The van der Waals surface area contributed by atoms with Gasteiger partial charge in [0.2, 0.25) is 0 Å². The van der Waals surface area contributed by atoms with Gasteiger partial charge in [-0.15, -0.1) is 0 Å². The van der Waals surface area contributed by atoms with Crippen LogP contribution in [0.15, 0.2) is 0 Å². The molecule has 0 heterocycles. The third-order valence-electron chi connectivity index (χ3n) is 1.21. The van der Waals surface area contributed by atoms with Crippen LogP contribution in [0.2, 0.25) is 0 Å². The van der Waals surface area contributed by atoms with Gasteiger partial charge in [0.1, 0.15) is 0 Å². The normalized spacial score (nSPS) is 10.7. The number of nitrogens with zero attached hydrogens (tertiary/aromatic N) is 1. The van der Waals surface area contributed by atoms with Gasteiger partial charge in [0, 0.05) is 7.05 Å². The highest BCUT2D eigenvalue weighted by atomic mass is 15.0. The molecule has 0 aromatic heterocycles. The lowest BCUT2D eigenvalue weighted by Gasteiger charge is -2.07. The predicted octanol–water partition coefficient (Wildman–Crippen LogP) is 0.709. The lowest BCUT2D eigenvalue weighted by Crippen LogP contribution is -2.14. The quantitative estimate of drug-likeness (QED) is 0.550. The van der Waals surface area contributed by atoms with E-state index in [0.717, 1.165) is 6.54 Å². The van der Waals surface area contributed by atoms with E-state index >= 15 is 0 Å². The van der Waals surface area contributed by atoms with E-state index < -0.39 is 0 Å². The molecule has 0 saturated carbocycles. The van der Waals surface area contributed by atoms with Gasteiger partial charge in [0.05, 0.1) is 0 Å². The van der Waals surface area contributed by atoms with Gasteiger partial charge in [-0.05, 0) is 40.0 Å². The van der Waals surface area contributed by atoms with Crippen molar-refractivity contribution in [3.05, 3.63) is 7.05 Å². The fraction of sp³-hybridized carbons (Fsp3) is 0.857. The Bertz CT molecular complexity index is 52.9. The molecule has 55 valence electrons. The Kier molecular flexibility index (Phi) is 5.99. The van der Waals surface area contributed by atoms with Crippen molar-refractivity contribution in [1.29, 1.82) is 0 Å². The zero-order valence-corrected chi connectivity index (χ0v) is 6.48. The van der Waals surface area contributed by atoms with Crippen LogP contribution in [0.4, 0.5) is 0 Å². The summed E-state index contributed by atoms with van der Waals surface area (Å²) in [6.07, 6.45) is 2.48. The first-order valence-electron chi connectivity index (χ1n) is 3.42. The van der Waals surface area contributed by atoms with E-state index in [1.807, 2.05) is 0 Å². The molecule has 2 heteroatoms. The smallest absolute Gasteiger partial charge is 0.00767 e. The Balaban J connectivity index is 2.75. The molecule has 0 amide bonds. The van der Waals surface area contributed by atoms with Gasteiger partial charge >= 0.3 is 0 Å². The van der Waals surface area contributed by atoms with Gasteiger partial charge < -0.3 is 10.2 Å². The van der Waals surface area contributed by atoms with Crippen LogP contribution < -0.4 is 5.32 Å². The van der Waals surface area contributed by atoms with E-state index in [1.54, 1.807) is 0 Å². The Morgan fingerprint density at radius 1 is 1.33 bits per heavy atom. The lowest BCUT2D eigenvalue weighted by atomic mass is 10.3. The zero-order chi connectivity index (χ0) is 7.11. The van der Waals surface area contributed by atoms with E-state index in [2.05, 4.69) is 31.4 Å². The molecule has 0 saturated heterocycles. The Morgan fingerprint density at radius 2 is 2.00 bits per heavy atom. The van der Waals surface area contributed by atoms with Crippen LogP contribution in [-0.4, -0.2) is 32.1 Å². The molecule has 9 heavy (non-hydrogen) atoms. The second-order valence-electron chi connectivity index (χ2n) is 2.51. The molecule has 1 radical (unpaired) electrons. The number of unbranched alkanes of at least 4 members (excludes halogenated alkanes) is 1. The van der Waals surface area contributed by atoms with Crippen LogP contribution in [0.3, 0.4) is 0 Å². The Hall–Kier alpha value is -0.0800. The molecule has 0 aromatic rings. The minimum Gasteiger partial charge on any atom is -0.315 e. The minimum atomic E-state index is 1.04. The summed E-state index contributed by atoms with van der Waals surface area (Å²) in [5, 5.41) is 2.87. The fourth-order valence-corrected chi connectivity index (χ4v) is 0.678. The first kappa shape index (κ1) is 8.92. The van der Waals surface area contributed by atoms with Gasteiger partial charge in [0.25, 0.3) is 0 Å². The van der Waals surface area contributed by atoms with Crippen LogP contribution >= 0.6 is 0 Å². The van der Waals surface area contributed by atoms with Crippen LogP contribution in [-0.2, 0) is 0 Å². The summed E-state index contributed by atoms with van der Waals surface area (Å²) in [7, 11) is 7.73. The van der Waals surface area contributed by atoms with Crippen LogP contribution in [0.1, 0.15) is 12.8 Å². The summed E-state index contributed by atoms with van der Waals surface area (Å²) in [6.45, 7) is 2.22. The molecule has 1 N–H and O–H groups in total. The maximum Gasteiger partial charge on any atom is 0.00767 e. The van der Waals surface area contributed by atoms with Crippen molar-refractivity contribution in [1.82, 2.24) is 10.2 Å². The number of hydrogen-bond donors (Lipinski definition) is 1. The first-order chi connectivity index (χ1) is 4.27. The average Bonchev–Trinajstić information content (AvgIpc) is 1.80. The summed E-state index contributed by atoms with van der Waals surface area (Å²) in [6, 6.07) is 0. The standard InChI is InChI=1S/C7H17N2/c1-8-6-4-5-7-9(2)3/h8H,1,4-7H2,2-3H3. The molecule has 0 unspecified atom stereocenters. The average molecular weight is 129 g/mol. The number of nitrogens with one attached hydrogen (secondary N) is 1. The molecule has 0 aliphatic heterocycles. The maximum absolute atomic E-state index is 3.54. The van der Waals surface area contributed by atoms with E-state index in [0.29, 0.717) is 0 Å². The SMILES string of the molecule is [CH2]NCCCCN(C)C. The summed E-state index contributed by atoms with van der Waals surface area (Å²) < 4.78 is 0. The predicted molar refractivity (Wildman–Crippen MR) is 41.1 cm³/mol. The summed E-state index contributed by atoms with van der Waals surface area (Å²) in [4.78, 5) is 2.20. The largest absolute Gasteiger partial charge is 0.315 e. The summed E-state index contributed by atoms with van der Waals surface area (Å²) >= 11 is 0. The zero-order valence-electron chi connectivity index (χ0n) is 6.48. The van der Waals surface area contributed by atoms with Gasteiger partial charge in [-0.1, -0.05) is 0 Å². The molecule has 0 fully saturated rings. The maximum atomic E-state index is 3.54. The highest BCUT2D eigenvalue weighted by Gasteiger charge is 1.88. The topological polar surface area (TPSA) is 15.3 Å². The second kappa shape index (κ2) is 6.05. The molecule has 2 nitrogen and oxygen atoms in total. The van der Waals surface area contributed by atoms with E-state index in [9.17, 15) is 0 Å². The minimum absolute atomic E-state index is 1.04. The second-order valence-corrected chi connectivity index (χ2v) is 2.51. The van der Waals surface area contributed by atoms with Crippen molar-refractivity contribution < 1.29 is 0 Å². The van der Waals surface area contributed by atoms with Gasteiger partial charge in [-0.3, -0.25) is 0 Å². The molecule has 0 bridgehead atoms. The van der Waals surface area contributed by atoms with Crippen LogP contribution in [0.25, 0.3) is 0 Å². The molecule has 0 aliphatic carbocycles. The summed E-state index contributed by atoms with van der Waals surface area (Å²) in [5.41, 5.74) is 0. The van der Waals surface area contributed by atoms with E-state index in [1.165, 1.54) is 19.4 Å². The van der Waals surface area contributed by atoms with E-state index in [4.69, 9.17) is 0 Å². The molecule has 0 spiro atoms. The van der Waals surface area contributed by atoms with Crippen LogP contribution in [0.5, 0.6) is 0 Å². The van der Waals surface area contributed by atoms with Crippen LogP contribution in [0, 0.1) is 7.05 Å². The van der Waals surface area contributed by atoms with Crippen molar-refractivity contribution in [2.24, 2.45) is 0 Å². The molecule has 0 aromatic carbocycles. The molecular formula is C7H17N2. The van der Waals surface area contributed by atoms with Gasteiger partial charge in [-0.25, -0.2) is 0 Å². The van der Waals surface area contributed by atoms with E-state index in [-0.39, 0.29) is 0 Å². The fourth-order valence-electron chi connectivity index (χ4n) is 0.678. The van der Waals surface area contributed by atoms with Crippen molar-refractivity contribution in [2.45, 2.75) is 12.8 Å². The molecule has 0 rings (SSSR count). The Morgan fingerprint density at radius 3 is 2.44 bits per heavy atom. The lowest BCUT2D eigenvalue weighted by molar-refractivity contribution is 0.394. The molecule has 0 aliphatic rings. The van der Waals surface area contributed by atoms with Crippen molar-refractivity contribution in [2.75, 3.05) is 27.2 Å². The first-order valence-corrected chi connectivity index (χ1v) is 3.42. The Labute approximate surface area is 58.2 Å². The van der Waals surface area contributed by atoms with Crippen molar-refractivity contribution in [3.8, 4) is 0 Å². The van der Waals surface area contributed by atoms with Crippen molar-refractivity contribution in [3.63, 3.8) is 0 Å².